The van der Waals surface area contributed by atoms with Crippen molar-refractivity contribution in [1.82, 2.24) is 9.80 Å². The van der Waals surface area contributed by atoms with E-state index < -0.39 is 6.09 Å². The molecular formula is C13H22N2O3. The average Bonchev–Trinajstić information content (AvgIpc) is 2.31. The predicted molar refractivity (Wildman–Crippen MR) is 69.0 cm³/mol. The van der Waals surface area contributed by atoms with Crippen LogP contribution in [0.1, 0.15) is 32.6 Å². The molecule has 1 aliphatic heterocycles. The molecule has 0 aromatic carbocycles. The molecule has 5 nitrogen and oxygen atoms in total. The maximum atomic E-state index is 11.9. The molecule has 0 unspecified atom stereocenters. The Kier molecular flexibility index (Phi) is 5.68. The van der Waals surface area contributed by atoms with Gasteiger partial charge in [0.15, 0.2) is 5.78 Å². The first-order valence-corrected chi connectivity index (χ1v) is 6.42. The molecule has 1 heterocycles. The largest absolute Gasteiger partial charge is 0.449 e. The van der Waals surface area contributed by atoms with Gasteiger partial charge in [-0.15, -0.1) is 0 Å². The van der Waals surface area contributed by atoms with Crippen molar-refractivity contribution in [2.75, 3.05) is 27.2 Å². The van der Waals surface area contributed by atoms with Gasteiger partial charge in [0.25, 0.3) is 0 Å². The predicted octanol–water partition coefficient (Wildman–Crippen LogP) is 1.99. The molecule has 1 rings (SSSR count). The smallest absolute Gasteiger partial charge is 0.414 e. The summed E-state index contributed by atoms with van der Waals surface area (Å²) in [7, 11) is 3.66. The Morgan fingerprint density at radius 3 is 2.83 bits per heavy atom. The molecule has 0 spiro atoms. The number of likely N-dealkylation sites (tertiary alicyclic amines) is 1. The summed E-state index contributed by atoms with van der Waals surface area (Å²) in [5.74, 6) is 0.00221. The van der Waals surface area contributed by atoms with Gasteiger partial charge in [0, 0.05) is 33.3 Å². The highest BCUT2D eigenvalue weighted by atomic mass is 16.6. The van der Waals surface area contributed by atoms with E-state index in [1.54, 1.807) is 11.1 Å². The van der Waals surface area contributed by atoms with Crippen molar-refractivity contribution in [1.29, 1.82) is 0 Å². The summed E-state index contributed by atoms with van der Waals surface area (Å²) in [5.41, 5.74) is 0.438. The minimum absolute atomic E-state index is 0.00221. The summed E-state index contributed by atoms with van der Waals surface area (Å²) in [4.78, 5) is 26.9. The van der Waals surface area contributed by atoms with Crippen LogP contribution in [0.15, 0.2) is 11.9 Å². The molecule has 1 fully saturated rings. The lowest BCUT2D eigenvalue weighted by molar-refractivity contribution is -0.118. The van der Waals surface area contributed by atoms with Crippen molar-refractivity contribution in [3.8, 4) is 0 Å². The second-order valence-corrected chi connectivity index (χ2v) is 4.62. The zero-order valence-electron chi connectivity index (χ0n) is 11.4. The van der Waals surface area contributed by atoms with E-state index in [1.807, 2.05) is 21.0 Å². The van der Waals surface area contributed by atoms with E-state index >= 15 is 0 Å². The minimum Gasteiger partial charge on any atom is -0.449 e. The quantitative estimate of drug-likeness (QED) is 0.568. The number of carbonyl (C=O) groups is 2. The van der Waals surface area contributed by atoms with E-state index in [0.717, 1.165) is 12.8 Å². The molecule has 0 aliphatic carbocycles. The molecule has 0 N–H and O–H groups in total. The molecule has 1 aliphatic rings. The zero-order chi connectivity index (χ0) is 13.5. The summed E-state index contributed by atoms with van der Waals surface area (Å²) in [6.07, 6.45) is 4.30. The van der Waals surface area contributed by atoms with Gasteiger partial charge in [-0.2, -0.15) is 0 Å². The van der Waals surface area contributed by atoms with E-state index in [4.69, 9.17) is 4.74 Å². The van der Waals surface area contributed by atoms with E-state index in [9.17, 15) is 9.59 Å². The van der Waals surface area contributed by atoms with Gasteiger partial charge in [-0.3, -0.25) is 9.69 Å². The van der Waals surface area contributed by atoms with Gasteiger partial charge >= 0.3 is 6.09 Å². The summed E-state index contributed by atoms with van der Waals surface area (Å²) in [5, 5.41) is 0. The number of unbranched alkanes of at least 4 members (excludes halogenated alkanes) is 1. The Balaban J connectivity index is 2.70. The number of Topliss-reactive ketones (excluding diaryl/α,β-unsaturated/α-hetero) is 1. The molecule has 0 aromatic heterocycles. The van der Waals surface area contributed by atoms with Crippen LogP contribution in [0.3, 0.4) is 0 Å². The van der Waals surface area contributed by atoms with Crippen molar-refractivity contribution in [3.63, 3.8) is 0 Å². The van der Waals surface area contributed by atoms with Crippen molar-refractivity contribution < 1.29 is 14.3 Å². The van der Waals surface area contributed by atoms with Gasteiger partial charge < -0.3 is 9.64 Å². The fourth-order valence-corrected chi connectivity index (χ4v) is 1.75. The van der Waals surface area contributed by atoms with E-state index in [0.29, 0.717) is 31.7 Å². The second-order valence-electron chi connectivity index (χ2n) is 4.62. The number of allylic oxidation sites excluding steroid dienone is 1. The third-order valence-electron chi connectivity index (χ3n) is 2.69. The number of ketones is 1. The Morgan fingerprint density at radius 1 is 1.50 bits per heavy atom. The highest BCUT2D eigenvalue weighted by Crippen LogP contribution is 2.18. The van der Waals surface area contributed by atoms with Crippen LogP contribution < -0.4 is 0 Å². The van der Waals surface area contributed by atoms with Crippen LogP contribution in [-0.4, -0.2) is 48.9 Å². The van der Waals surface area contributed by atoms with Crippen LogP contribution in [0.5, 0.6) is 0 Å². The molecule has 102 valence electrons. The van der Waals surface area contributed by atoms with Gasteiger partial charge in [-0.25, -0.2) is 4.79 Å². The molecule has 0 radical (unpaired) electrons. The fraction of sp³-hybridized carbons (Fsp3) is 0.692. The Labute approximate surface area is 108 Å². The van der Waals surface area contributed by atoms with Gasteiger partial charge in [-0.05, 0) is 12.8 Å². The van der Waals surface area contributed by atoms with Crippen molar-refractivity contribution in [2.45, 2.75) is 32.6 Å². The van der Waals surface area contributed by atoms with E-state index in [-0.39, 0.29) is 5.78 Å². The number of hydrogen-bond donors (Lipinski definition) is 0. The van der Waals surface area contributed by atoms with Crippen LogP contribution in [0.4, 0.5) is 4.79 Å². The maximum Gasteiger partial charge on any atom is 0.414 e. The summed E-state index contributed by atoms with van der Waals surface area (Å²) < 4.78 is 5.16. The molecular weight excluding hydrogens is 232 g/mol. The molecule has 1 amide bonds. The summed E-state index contributed by atoms with van der Waals surface area (Å²) in [6, 6.07) is 0. The van der Waals surface area contributed by atoms with Crippen LogP contribution in [0.25, 0.3) is 0 Å². The highest BCUT2D eigenvalue weighted by molar-refractivity contribution is 5.98. The van der Waals surface area contributed by atoms with Crippen LogP contribution in [0, 0.1) is 0 Å². The third-order valence-corrected chi connectivity index (χ3v) is 2.69. The minimum atomic E-state index is -0.412. The zero-order valence-corrected chi connectivity index (χ0v) is 11.4. The molecule has 0 atom stereocenters. The van der Waals surface area contributed by atoms with Crippen LogP contribution >= 0.6 is 0 Å². The lowest BCUT2D eigenvalue weighted by Crippen LogP contribution is -2.39. The van der Waals surface area contributed by atoms with Crippen LogP contribution in [-0.2, 0) is 9.53 Å². The second kappa shape index (κ2) is 7.03. The lowest BCUT2D eigenvalue weighted by Gasteiger charge is -2.28. The van der Waals surface area contributed by atoms with Crippen molar-refractivity contribution in [3.05, 3.63) is 11.9 Å². The standard InChI is InChI=1S/C13H22N2O3/c1-4-5-9-18-13(17)15-8-6-7-12(16)11(15)10-14(2)3/h10H,4-9H2,1-3H3/b11-10-. The van der Waals surface area contributed by atoms with Gasteiger partial charge in [-0.1, -0.05) is 13.3 Å². The highest BCUT2D eigenvalue weighted by Gasteiger charge is 2.28. The molecule has 1 saturated heterocycles. The van der Waals surface area contributed by atoms with Gasteiger partial charge in [0.2, 0.25) is 0 Å². The van der Waals surface area contributed by atoms with Crippen molar-refractivity contribution >= 4 is 11.9 Å². The molecule has 0 bridgehead atoms. The summed E-state index contributed by atoms with van der Waals surface area (Å²) in [6.45, 7) is 3.00. The van der Waals surface area contributed by atoms with E-state index in [1.165, 1.54) is 4.90 Å². The number of nitrogens with zero attached hydrogens (tertiary/aromatic N) is 2. The number of amides is 1. The average molecular weight is 254 g/mol. The van der Waals surface area contributed by atoms with Crippen molar-refractivity contribution in [2.24, 2.45) is 0 Å². The molecule has 0 saturated carbocycles. The Bertz CT molecular complexity index is 337. The number of ether oxygens (including phenoxy) is 1. The van der Waals surface area contributed by atoms with E-state index in [2.05, 4.69) is 0 Å². The van der Waals surface area contributed by atoms with Crippen LogP contribution in [0.2, 0.25) is 0 Å². The molecule has 0 aromatic rings. The summed E-state index contributed by atoms with van der Waals surface area (Å²) >= 11 is 0. The first kappa shape index (κ1) is 14.5. The third kappa shape index (κ3) is 4.05. The normalized spacial score (nSPS) is 18.1. The topological polar surface area (TPSA) is 49.9 Å². The number of carbonyl (C=O) groups excluding carboxylic acids is 2. The molecule has 5 heteroatoms. The van der Waals surface area contributed by atoms with Gasteiger partial charge in [0.05, 0.1) is 6.61 Å². The molecule has 18 heavy (non-hydrogen) atoms. The SMILES string of the molecule is CCCCOC(=O)N1CCCC(=O)/C1=C/N(C)C. The number of rotatable bonds is 4. The first-order chi connectivity index (χ1) is 8.56. The number of piperidine rings is 1. The monoisotopic (exact) mass is 254 g/mol. The number of hydrogen-bond acceptors (Lipinski definition) is 4. The Morgan fingerprint density at radius 2 is 2.22 bits per heavy atom. The first-order valence-electron chi connectivity index (χ1n) is 6.42. The lowest BCUT2D eigenvalue weighted by atomic mass is 10.1. The van der Waals surface area contributed by atoms with Gasteiger partial charge in [0.1, 0.15) is 5.70 Å². The maximum absolute atomic E-state index is 11.9. The Hall–Kier alpha value is -1.52. The fourth-order valence-electron chi connectivity index (χ4n) is 1.75.